The molecule has 1 saturated heterocycles. The van der Waals surface area contributed by atoms with Crippen LogP contribution in [0.2, 0.25) is 0 Å². The number of nitrogens with one attached hydrogen (secondary N) is 1. The van der Waals surface area contributed by atoms with E-state index >= 15 is 0 Å². The average molecular weight is 292 g/mol. The quantitative estimate of drug-likeness (QED) is 0.873. The number of rotatable bonds is 1. The van der Waals surface area contributed by atoms with Crippen molar-refractivity contribution in [1.29, 1.82) is 0 Å². The summed E-state index contributed by atoms with van der Waals surface area (Å²) in [7, 11) is 0. The Kier molecular flexibility index (Phi) is 3.48. The molecule has 20 heavy (non-hydrogen) atoms. The van der Waals surface area contributed by atoms with Gasteiger partial charge >= 0.3 is 0 Å². The Morgan fingerprint density at radius 1 is 1.30 bits per heavy atom. The largest absolute Gasteiger partial charge is 0.360 e. The van der Waals surface area contributed by atoms with Crippen LogP contribution in [0.25, 0.3) is 10.9 Å². The van der Waals surface area contributed by atoms with Crippen molar-refractivity contribution in [2.24, 2.45) is 0 Å². The highest BCUT2D eigenvalue weighted by Crippen LogP contribution is 2.14. The molecule has 4 nitrogen and oxygen atoms in total. The Morgan fingerprint density at radius 3 is 2.80 bits per heavy atom. The maximum absolute atomic E-state index is 13.3. The van der Waals surface area contributed by atoms with Crippen LogP contribution < -0.4 is 5.43 Å². The van der Waals surface area contributed by atoms with Gasteiger partial charge in [0, 0.05) is 41.7 Å². The normalized spacial score (nSPS) is 15.6. The summed E-state index contributed by atoms with van der Waals surface area (Å²) in [6.45, 7) is 1.29. The minimum absolute atomic E-state index is 0.0787. The van der Waals surface area contributed by atoms with Crippen LogP contribution in [0.5, 0.6) is 0 Å². The first-order chi connectivity index (χ1) is 9.66. The molecule has 1 N–H and O–H groups in total. The average Bonchev–Trinajstić information content (AvgIpc) is 2.48. The van der Waals surface area contributed by atoms with Crippen molar-refractivity contribution >= 4 is 28.6 Å². The molecule has 0 saturated carbocycles. The molecule has 0 atom stereocenters. The number of hydrogen-bond donors (Lipinski definition) is 1. The van der Waals surface area contributed by atoms with Gasteiger partial charge in [0.25, 0.3) is 5.91 Å². The first-order valence-electron chi connectivity index (χ1n) is 6.35. The monoisotopic (exact) mass is 292 g/mol. The van der Waals surface area contributed by atoms with E-state index in [1.807, 2.05) is 0 Å². The first-order valence-corrected chi connectivity index (χ1v) is 7.50. The number of nitrogens with zero attached hydrogens (tertiary/aromatic N) is 1. The van der Waals surface area contributed by atoms with E-state index in [2.05, 4.69) is 4.98 Å². The lowest BCUT2D eigenvalue weighted by atomic mass is 10.1. The second-order valence-electron chi connectivity index (χ2n) is 4.63. The highest BCUT2D eigenvalue weighted by Gasteiger charge is 2.21. The Morgan fingerprint density at radius 2 is 2.05 bits per heavy atom. The number of pyridine rings is 1. The molecule has 6 heteroatoms. The molecule has 1 amide bonds. The summed E-state index contributed by atoms with van der Waals surface area (Å²) >= 11 is 1.79. The Balaban J connectivity index is 2.05. The summed E-state index contributed by atoms with van der Waals surface area (Å²) in [5.41, 5.74) is 0.193. The van der Waals surface area contributed by atoms with E-state index in [1.54, 1.807) is 16.7 Å². The Bertz CT molecular complexity index is 723. The van der Waals surface area contributed by atoms with Gasteiger partial charge in [-0.15, -0.1) is 0 Å². The van der Waals surface area contributed by atoms with E-state index in [-0.39, 0.29) is 16.9 Å². The van der Waals surface area contributed by atoms with Crippen molar-refractivity contribution in [2.45, 2.75) is 0 Å². The van der Waals surface area contributed by atoms with Crippen molar-refractivity contribution in [3.8, 4) is 0 Å². The van der Waals surface area contributed by atoms with Crippen molar-refractivity contribution in [3.63, 3.8) is 0 Å². The van der Waals surface area contributed by atoms with Gasteiger partial charge in [-0.05, 0) is 18.2 Å². The summed E-state index contributed by atoms with van der Waals surface area (Å²) in [6.07, 6.45) is 1.42. The predicted octanol–water partition coefficient (Wildman–Crippen LogP) is 1.86. The van der Waals surface area contributed by atoms with Crippen molar-refractivity contribution in [2.75, 3.05) is 24.6 Å². The molecule has 0 radical (unpaired) electrons. The van der Waals surface area contributed by atoms with E-state index in [0.717, 1.165) is 17.6 Å². The number of carbonyl (C=O) groups excluding carboxylic acids is 1. The zero-order chi connectivity index (χ0) is 14.1. The van der Waals surface area contributed by atoms with Gasteiger partial charge in [0.1, 0.15) is 11.4 Å². The summed E-state index contributed by atoms with van der Waals surface area (Å²) in [5, 5.41) is 0.210. The highest BCUT2D eigenvalue weighted by molar-refractivity contribution is 7.99. The molecule has 1 aliphatic rings. The number of benzene rings is 1. The zero-order valence-corrected chi connectivity index (χ0v) is 11.5. The number of aromatic amines is 1. The van der Waals surface area contributed by atoms with Crippen LogP contribution in [-0.4, -0.2) is 40.4 Å². The molecule has 0 spiro atoms. The molecule has 104 valence electrons. The third kappa shape index (κ3) is 2.31. The molecular weight excluding hydrogens is 279 g/mol. The van der Waals surface area contributed by atoms with Crippen molar-refractivity contribution < 1.29 is 9.18 Å². The molecular formula is C14H13FN2O2S. The molecule has 1 aliphatic heterocycles. The number of hydrogen-bond acceptors (Lipinski definition) is 3. The number of thioether (sulfide) groups is 1. The van der Waals surface area contributed by atoms with Crippen LogP contribution in [-0.2, 0) is 0 Å². The van der Waals surface area contributed by atoms with Crippen LogP contribution >= 0.6 is 11.8 Å². The van der Waals surface area contributed by atoms with Gasteiger partial charge in [-0.25, -0.2) is 4.39 Å². The predicted molar refractivity (Wildman–Crippen MR) is 77.8 cm³/mol. The van der Waals surface area contributed by atoms with E-state index in [1.165, 1.54) is 18.3 Å². The molecule has 2 heterocycles. The number of fused-ring (bicyclic) bond motifs is 1. The van der Waals surface area contributed by atoms with Crippen LogP contribution in [0.3, 0.4) is 0 Å². The van der Waals surface area contributed by atoms with Crippen LogP contribution in [0, 0.1) is 5.82 Å². The third-order valence-electron chi connectivity index (χ3n) is 3.37. The molecule has 1 aromatic carbocycles. The molecule has 3 rings (SSSR count). The zero-order valence-electron chi connectivity index (χ0n) is 10.7. The Labute approximate surface area is 119 Å². The van der Waals surface area contributed by atoms with E-state index in [9.17, 15) is 14.0 Å². The topological polar surface area (TPSA) is 53.2 Å². The molecule has 0 bridgehead atoms. The number of aromatic nitrogens is 1. The van der Waals surface area contributed by atoms with Gasteiger partial charge in [-0.1, -0.05) is 0 Å². The minimum Gasteiger partial charge on any atom is -0.360 e. The fraction of sp³-hybridized carbons (Fsp3) is 0.286. The molecule has 0 unspecified atom stereocenters. The van der Waals surface area contributed by atoms with Gasteiger partial charge < -0.3 is 9.88 Å². The minimum atomic E-state index is -0.484. The lowest BCUT2D eigenvalue weighted by Crippen LogP contribution is -2.40. The fourth-order valence-electron chi connectivity index (χ4n) is 2.29. The Hall–Kier alpha value is -1.82. The highest BCUT2D eigenvalue weighted by atomic mass is 32.2. The second kappa shape index (κ2) is 5.28. The molecule has 1 aromatic heterocycles. The first kappa shape index (κ1) is 13.2. The van der Waals surface area contributed by atoms with Gasteiger partial charge in [-0.3, -0.25) is 9.59 Å². The van der Waals surface area contributed by atoms with E-state index in [0.29, 0.717) is 18.6 Å². The number of amides is 1. The number of halogens is 1. The second-order valence-corrected chi connectivity index (χ2v) is 5.85. The van der Waals surface area contributed by atoms with Gasteiger partial charge in [-0.2, -0.15) is 11.8 Å². The van der Waals surface area contributed by atoms with Gasteiger partial charge in [0.2, 0.25) is 5.43 Å². The standard InChI is InChI=1S/C14H13FN2O2S/c15-9-1-2-12-10(7-9)13(18)11(8-16-12)14(19)17-3-5-20-6-4-17/h1-2,7-8H,3-6H2,(H,16,18). The summed E-state index contributed by atoms with van der Waals surface area (Å²) in [4.78, 5) is 29.2. The van der Waals surface area contributed by atoms with Crippen LogP contribution in [0.4, 0.5) is 4.39 Å². The summed E-state index contributed by atoms with van der Waals surface area (Å²) < 4.78 is 13.3. The van der Waals surface area contributed by atoms with E-state index in [4.69, 9.17) is 0 Å². The van der Waals surface area contributed by atoms with E-state index < -0.39 is 11.2 Å². The maximum Gasteiger partial charge on any atom is 0.259 e. The smallest absolute Gasteiger partial charge is 0.259 e. The van der Waals surface area contributed by atoms with Crippen LogP contribution in [0.15, 0.2) is 29.2 Å². The maximum atomic E-state index is 13.3. The number of H-pyrrole nitrogens is 1. The SMILES string of the molecule is O=C(c1c[nH]c2ccc(F)cc2c1=O)N1CCSCC1. The molecule has 0 aliphatic carbocycles. The fourth-order valence-corrected chi connectivity index (χ4v) is 3.19. The summed E-state index contributed by atoms with van der Waals surface area (Å²) in [5.74, 6) is 0.997. The van der Waals surface area contributed by atoms with Crippen molar-refractivity contribution in [3.05, 3.63) is 46.0 Å². The number of carbonyl (C=O) groups is 1. The third-order valence-corrected chi connectivity index (χ3v) is 4.31. The summed E-state index contributed by atoms with van der Waals surface area (Å²) in [6, 6.07) is 3.94. The van der Waals surface area contributed by atoms with Gasteiger partial charge in [0.15, 0.2) is 0 Å². The molecule has 2 aromatic rings. The molecule has 1 fully saturated rings. The lowest BCUT2D eigenvalue weighted by Gasteiger charge is -2.26. The van der Waals surface area contributed by atoms with Gasteiger partial charge in [0.05, 0.1) is 0 Å². The van der Waals surface area contributed by atoms with Crippen LogP contribution in [0.1, 0.15) is 10.4 Å². The van der Waals surface area contributed by atoms with Crippen molar-refractivity contribution in [1.82, 2.24) is 9.88 Å². The lowest BCUT2D eigenvalue weighted by molar-refractivity contribution is 0.0771.